The van der Waals surface area contributed by atoms with Gasteiger partial charge in [0.05, 0.1) is 12.2 Å². The van der Waals surface area contributed by atoms with Crippen molar-refractivity contribution in [2.45, 2.75) is 44.8 Å². The van der Waals surface area contributed by atoms with Gasteiger partial charge in [-0.15, -0.1) is 0 Å². The molecule has 1 unspecified atom stereocenters. The molecule has 0 amide bonds. The Kier molecular flexibility index (Phi) is 4.84. The smallest absolute Gasteiger partial charge is 0.0753 e. The number of benzene rings is 1. The van der Waals surface area contributed by atoms with Crippen LogP contribution in [-0.2, 0) is 11.2 Å². The minimum absolute atomic E-state index is 0.0525. The number of nitrogens with zero attached hydrogens (tertiary/aromatic N) is 1. The van der Waals surface area contributed by atoms with Crippen LogP contribution in [0.15, 0.2) is 30.3 Å². The molecule has 2 N–H and O–H groups in total. The van der Waals surface area contributed by atoms with Gasteiger partial charge in [0, 0.05) is 25.2 Å². The molecular formula is C17H28N2O. The van der Waals surface area contributed by atoms with Crippen LogP contribution in [0.25, 0.3) is 0 Å². The van der Waals surface area contributed by atoms with Crippen LogP contribution in [0.3, 0.4) is 0 Å². The lowest BCUT2D eigenvalue weighted by molar-refractivity contribution is -0.113. The predicted octanol–water partition coefficient (Wildman–Crippen LogP) is 2.45. The molecule has 1 atom stereocenters. The van der Waals surface area contributed by atoms with Crippen LogP contribution in [0.1, 0.15) is 32.8 Å². The Morgan fingerprint density at radius 3 is 2.60 bits per heavy atom. The Morgan fingerprint density at radius 1 is 1.30 bits per heavy atom. The van der Waals surface area contributed by atoms with Crippen molar-refractivity contribution in [3.8, 4) is 0 Å². The zero-order chi connectivity index (χ0) is 14.6. The number of morpholine rings is 1. The average Bonchev–Trinajstić information content (AvgIpc) is 2.45. The minimum atomic E-state index is -0.0680. The van der Waals surface area contributed by atoms with E-state index in [-0.39, 0.29) is 11.1 Å². The Hall–Kier alpha value is -0.900. The van der Waals surface area contributed by atoms with Gasteiger partial charge in [0.25, 0.3) is 0 Å². The van der Waals surface area contributed by atoms with Crippen LogP contribution in [0.2, 0.25) is 0 Å². The Labute approximate surface area is 123 Å². The number of aryl methyl sites for hydroxylation is 1. The van der Waals surface area contributed by atoms with E-state index in [9.17, 15) is 0 Å². The standard InChI is InChI=1S/C17H28N2O/c1-16(2)14-19(11-12-20-16)17(3,13-18)10-9-15-7-5-4-6-8-15/h4-8H,9-14,18H2,1-3H3. The third-order valence-electron chi connectivity index (χ3n) is 4.42. The topological polar surface area (TPSA) is 38.5 Å². The van der Waals surface area contributed by atoms with E-state index < -0.39 is 0 Å². The summed E-state index contributed by atoms with van der Waals surface area (Å²) in [5, 5.41) is 0. The van der Waals surface area contributed by atoms with Gasteiger partial charge in [-0.05, 0) is 39.2 Å². The van der Waals surface area contributed by atoms with Gasteiger partial charge in [-0.1, -0.05) is 30.3 Å². The molecule has 0 aromatic heterocycles. The van der Waals surface area contributed by atoms with Crippen LogP contribution in [0.4, 0.5) is 0 Å². The number of rotatable bonds is 5. The van der Waals surface area contributed by atoms with E-state index in [0.717, 1.165) is 32.5 Å². The van der Waals surface area contributed by atoms with Gasteiger partial charge in [0.15, 0.2) is 0 Å². The Bertz CT molecular complexity index is 418. The first kappa shape index (κ1) is 15.5. The molecule has 1 aromatic rings. The summed E-state index contributed by atoms with van der Waals surface area (Å²) in [4.78, 5) is 2.51. The summed E-state index contributed by atoms with van der Waals surface area (Å²) in [7, 11) is 0. The molecular weight excluding hydrogens is 248 g/mol. The van der Waals surface area contributed by atoms with Crippen LogP contribution in [0, 0.1) is 0 Å². The van der Waals surface area contributed by atoms with Gasteiger partial charge in [-0.25, -0.2) is 0 Å². The molecule has 0 spiro atoms. The maximum Gasteiger partial charge on any atom is 0.0753 e. The highest BCUT2D eigenvalue weighted by Crippen LogP contribution is 2.27. The maximum atomic E-state index is 6.11. The normalized spacial score (nSPS) is 22.4. The molecule has 0 bridgehead atoms. The van der Waals surface area contributed by atoms with E-state index in [0.29, 0.717) is 6.54 Å². The molecule has 1 heterocycles. The number of hydrogen-bond donors (Lipinski definition) is 1. The van der Waals surface area contributed by atoms with E-state index in [2.05, 4.69) is 56.0 Å². The van der Waals surface area contributed by atoms with Crippen molar-refractivity contribution in [2.75, 3.05) is 26.2 Å². The summed E-state index contributed by atoms with van der Waals surface area (Å²) in [6.07, 6.45) is 2.16. The lowest BCUT2D eigenvalue weighted by atomic mass is 9.89. The molecule has 0 radical (unpaired) electrons. The van der Waals surface area contributed by atoms with Crippen molar-refractivity contribution in [3.63, 3.8) is 0 Å². The molecule has 0 aliphatic carbocycles. The molecule has 0 saturated carbocycles. The molecule has 3 heteroatoms. The zero-order valence-electron chi connectivity index (χ0n) is 13.1. The summed E-state index contributed by atoms with van der Waals surface area (Å²) in [5.74, 6) is 0. The molecule has 112 valence electrons. The van der Waals surface area contributed by atoms with Gasteiger partial charge in [0.1, 0.15) is 0 Å². The molecule has 1 aromatic carbocycles. The van der Waals surface area contributed by atoms with Crippen molar-refractivity contribution in [3.05, 3.63) is 35.9 Å². The fourth-order valence-corrected chi connectivity index (χ4v) is 2.92. The number of ether oxygens (including phenoxy) is 1. The first-order chi connectivity index (χ1) is 9.45. The van der Waals surface area contributed by atoms with E-state index in [1.165, 1.54) is 5.56 Å². The Balaban J connectivity index is 2.01. The summed E-state index contributed by atoms with van der Waals surface area (Å²) in [5.41, 5.74) is 7.48. The van der Waals surface area contributed by atoms with E-state index in [1.807, 2.05) is 0 Å². The van der Waals surface area contributed by atoms with Crippen molar-refractivity contribution in [2.24, 2.45) is 5.73 Å². The first-order valence-corrected chi connectivity index (χ1v) is 7.58. The third kappa shape index (κ3) is 3.81. The monoisotopic (exact) mass is 276 g/mol. The third-order valence-corrected chi connectivity index (χ3v) is 4.42. The van der Waals surface area contributed by atoms with E-state index in [1.54, 1.807) is 0 Å². The average molecular weight is 276 g/mol. The lowest BCUT2D eigenvalue weighted by Gasteiger charge is -2.48. The van der Waals surface area contributed by atoms with Gasteiger partial charge in [0.2, 0.25) is 0 Å². The second-order valence-corrected chi connectivity index (χ2v) is 6.72. The molecule has 1 aliphatic heterocycles. The zero-order valence-corrected chi connectivity index (χ0v) is 13.1. The predicted molar refractivity (Wildman–Crippen MR) is 83.8 cm³/mol. The fourth-order valence-electron chi connectivity index (χ4n) is 2.92. The lowest BCUT2D eigenvalue weighted by Crippen LogP contribution is -2.60. The molecule has 2 rings (SSSR count). The SMILES string of the molecule is CC1(C)CN(C(C)(CN)CCc2ccccc2)CCO1. The maximum absolute atomic E-state index is 6.11. The van der Waals surface area contributed by atoms with Crippen molar-refractivity contribution in [1.82, 2.24) is 4.90 Å². The second-order valence-electron chi connectivity index (χ2n) is 6.72. The number of hydrogen-bond acceptors (Lipinski definition) is 3. The summed E-state index contributed by atoms with van der Waals surface area (Å²) < 4.78 is 5.82. The molecule has 20 heavy (non-hydrogen) atoms. The largest absolute Gasteiger partial charge is 0.373 e. The van der Waals surface area contributed by atoms with Gasteiger partial charge in [-0.2, -0.15) is 0 Å². The summed E-state index contributed by atoms with van der Waals surface area (Å²) >= 11 is 0. The van der Waals surface area contributed by atoms with Crippen LogP contribution in [0.5, 0.6) is 0 Å². The first-order valence-electron chi connectivity index (χ1n) is 7.58. The van der Waals surface area contributed by atoms with Crippen LogP contribution in [-0.4, -0.2) is 42.3 Å². The van der Waals surface area contributed by atoms with Crippen molar-refractivity contribution in [1.29, 1.82) is 0 Å². The second kappa shape index (κ2) is 6.25. The Morgan fingerprint density at radius 2 is 2.00 bits per heavy atom. The van der Waals surface area contributed by atoms with E-state index in [4.69, 9.17) is 10.5 Å². The van der Waals surface area contributed by atoms with Crippen LogP contribution < -0.4 is 5.73 Å². The highest BCUT2D eigenvalue weighted by atomic mass is 16.5. The van der Waals surface area contributed by atoms with Gasteiger partial charge in [-0.3, -0.25) is 4.90 Å². The summed E-state index contributed by atoms with van der Waals surface area (Å²) in [6.45, 7) is 10.0. The fraction of sp³-hybridized carbons (Fsp3) is 0.647. The van der Waals surface area contributed by atoms with Crippen molar-refractivity contribution >= 4 is 0 Å². The van der Waals surface area contributed by atoms with Gasteiger partial charge >= 0.3 is 0 Å². The minimum Gasteiger partial charge on any atom is -0.373 e. The van der Waals surface area contributed by atoms with Crippen molar-refractivity contribution < 1.29 is 4.74 Å². The molecule has 1 aliphatic rings. The summed E-state index contributed by atoms with van der Waals surface area (Å²) in [6, 6.07) is 10.7. The van der Waals surface area contributed by atoms with Gasteiger partial charge < -0.3 is 10.5 Å². The highest BCUT2D eigenvalue weighted by Gasteiger charge is 2.37. The molecule has 1 fully saturated rings. The quantitative estimate of drug-likeness (QED) is 0.898. The molecule has 3 nitrogen and oxygen atoms in total. The number of nitrogens with two attached hydrogens (primary N) is 1. The molecule has 1 saturated heterocycles. The van der Waals surface area contributed by atoms with E-state index >= 15 is 0 Å². The van der Waals surface area contributed by atoms with Crippen LogP contribution >= 0.6 is 0 Å². The highest BCUT2D eigenvalue weighted by molar-refractivity contribution is 5.15.